The Labute approximate surface area is 121 Å². The summed E-state index contributed by atoms with van der Waals surface area (Å²) in [5, 5.41) is 0. The second-order valence-corrected chi connectivity index (χ2v) is 7.96. The van der Waals surface area contributed by atoms with E-state index in [4.69, 9.17) is 5.73 Å². The van der Waals surface area contributed by atoms with E-state index in [-0.39, 0.29) is 0 Å². The van der Waals surface area contributed by atoms with Crippen LogP contribution in [0, 0.1) is 22.7 Å². The normalized spacial score (nSPS) is 39.5. The maximum atomic E-state index is 5.29. The van der Waals surface area contributed by atoms with E-state index < -0.39 is 0 Å². The predicted molar refractivity (Wildman–Crippen MR) is 86.2 cm³/mol. The van der Waals surface area contributed by atoms with E-state index in [1.807, 2.05) is 6.92 Å². The van der Waals surface area contributed by atoms with Crippen molar-refractivity contribution in [2.24, 2.45) is 28.4 Å². The lowest BCUT2D eigenvalue weighted by molar-refractivity contribution is 0.00135. The molecule has 114 valence electrons. The molecule has 1 nitrogen and oxygen atoms in total. The van der Waals surface area contributed by atoms with Crippen molar-refractivity contribution in [3.8, 4) is 0 Å². The molecule has 0 amide bonds. The Morgan fingerprint density at radius 3 is 2.05 bits per heavy atom. The van der Waals surface area contributed by atoms with E-state index >= 15 is 0 Å². The lowest BCUT2D eigenvalue weighted by atomic mass is 9.55. The molecule has 0 heterocycles. The molecule has 2 N–H and O–H groups in total. The van der Waals surface area contributed by atoms with Crippen LogP contribution in [0.5, 0.6) is 0 Å². The van der Waals surface area contributed by atoms with Gasteiger partial charge in [0.15, 0.2) is 0 Å². The highest BCUT2D eigenvalue weighted by atomic mass is 14.6. The van der Waals surface area contributed by atoms with Crippen LogP contribution in [0.2, 0.25) is 0 Å². The smallest absolute Gasteiger partial charge is 0.000781 e. The monoisotopic (exact) mass is 267 g/mol. The number of fused-ring (bicyclic) bond motifs is 1. The first kappa shape index (κ1) is 17.0. The van der Waals surface area contributed by atoms with Gasteiger partial charge in [-0.1, -0.05) is 47.5 Å². The topological polar surface area (TPSA) is 26.0 Å². The summed E-state index contributed by atoms with van der Waals surface area (Å²) in [7, 11) is 0. The first-order valence-corrected chi connectivity index (χ1v) is 8.52. The Balaban J connectivity index is 0.000000312. The van der Waals surface area contributed by atoms with E-state index in [0.717, 1.165) is 18.3 Å². The maximum Gasteiger partial charge on any atom is 0.000781 e. The Kier molecular flexibility index (Phi) is 5.92. The summed E-state index contributed by atoms with van der Waals surface area (Å²) in [5.74, 6) is 1.88. The van der Waals surface area contributed by atoms with Gasteiger partial charge in [-0.25, -0.2) is 0 Å². The van der Waals surface area contributed by atoms with Crippen molar-refractivity contribution >= 4 is 0 Å². The van der Waals surface area contributed by atoms with Gasteiger partial charge in [-0.3, -0.25) is 0 Å². The van der Waals surface area contributed by atoms with Gasteiger partial charge in [-0.2, -0.15) is 0 Å². The molecule has 2 aliphatic carbocycles. The van der Waals surface area contributed by atoms with Crippen molar-refractivity contribution in [1.82, 2.24) is 0 Å². The van der Waals surface area contributed by atoms with Gasteiger partial charge in [-0.15, -0.1) is 0 Å². The van der Waals surface area contributed by atoms with Gasteiger partial charge in [0.25, 0.3) is 0 Å². The lowest BCUT2D eigenvalue weighted by Gasteiger charge is -2.49. The molecule has 4 unspecified atom stereocenters. The predicted octanol–water partition coefficient (Wildman–Crippen LogP) is 5.38. The van der Waals surface area contributed by atoms with Crippen LogP contribution in [0.25, 0.3) is 0 Å². The van der Waals surface area contributed by atoms with Gasteiger partial charge in [0.2, 0.25) is 0 Å². The third-order valence-corrected chi connectivity index (χ3v) is 6.33. The van der Waals surface area contributed by atoms with Crippen LogP contribution in [0.3, 0.4) is 0 Å². The minimum atomic E-state index is 0.384. The molecule has 2 saturated carbocycles. The summed E-state index contributed by atoms with van der Waals surface area (Å²) in [4.78, 5) is 0. The van der Waals surface area contributed by atoms with Gasteiger partial charge in [0.1, 0.15) is 0 Å². The van der Waals surface area contributed by atoms with Crippen LogP contribution in [-0.2, 0) is 0 Å². The molecule has 0 spiro atoms. The fourth-order valence-electron chi connectivity index (χ4n) is 4.50. The van der Waals surface area contributed by atoms with Crippen molar-refractivity contribution in [3.63, 3.8) is 0 Å². The molecule has 0 bridgehead atoms. The molecule has 0 aromatic rings. The molecule has 1 heteroatoms. The second kappa shape index (κ2) is 6.61. The summed E-state index contributed by atoms with van der Waals surface area (Å²) < 4.78 is 0. The molecule has 0 saturated heterocycles. The molecule has 0 radical (unpaired) electrons. The molecule has 0 aromatic heterocycles. The van der Waals surface area contributed by atoms with Crippen molar-refractivity contribution in [1.29, 1.82) is 0 Å². The van der Waals surface area contributed by atoms with E-state index in [1.165, 1.54) is 38.5 Å². The zero-order valence-corrected chi connectivity index (χ0v) is 14.3. The van der Waals surface area contributed by atoms with E-state index in [2.05, 4.69) is 34.6 Å². The SMILES string of the molecule is CC(C)C1CCC2(C)CCCCC12C.CCC(C)N. The standard InChI is InChI=1S/C14H26.C4H11N/c1-11(2)12-7-10-13(3)8-5-6-9-14(12,13)4;1-3-4(2)5/h11-12H,5-10H2,1-4H3;4H,3,5H2,1-2H3. The van der Waals surface area contributed by atoms with Crippen LogP contribution < -0.4 is 5.73 Å². The Hall–Kier alpha value is -0.0400. The highest BCUT2D eigenvalue weighted by Crippen LogP contribution is 2.64. The largest absolute Gasteiger partial charge is 0.328 e. The number of nitrogens with two attached hydrogens (primary N) is 1. The maximum absolute atomic E-state index is 5.29. The van der Waals surface area contributed by atoms with Crippen LogP contribution in [0.4, 0.5) is 0 Å². The Bertz CT molecular complexity index is 271. The van der Waals surface area contributed by atoms with Gasteiger partial charge in [-0.05, 0) is 61.7 Å². The summed E-state index contributed by atoms with van der Waals surface area (Å²) >= 11 is 0. The summed E-state index contributed by atoms with van der Waals surface area (Å²) in [5.41, 5.74) is 6.64. The number of rotatable bonds is 2. The Morgan fingerprint density at radius 1 is 1.05 bits per heavy atom. The third-order valence-electron chi connectivity index (χ3n) is 6.33. The molecule has 4 atom stereocenters. The number of hydrogen-bond acceptors (Lipinski definition) is 1. The van der Waals surface area contributed by atoms with Gasteiger partial charge in [0, 0.05) is 6.04 Å². The molecular formula is C18H37N. The molecule has 0 aromatic carbocycles. The quantitative estimate of drug-likeness (QED) is 0.714. The van der Waals surface area contributed by atoms with E-state index in [0.29, 0.717) is 16.9 Å². The van der Waals surface area contributed by atoms with Crippen molar-refractivity contribution < 1.29 is 0 Å². The summed E-state index contributed by atoms with van der Waals surface area (Å²) in [6.45, 7) is 14.1. The summed E-state index contributed by atoms with van der Waals surface area (Å²) in [6, 6.07) is 0.384. The minimum absolute atomic E-state index is 0.384. The average Bonchev–Trinajstić information content (AvgIpc) is 2.62. The van der Waals surface area contributed by atoms with Crippen molar-refractivity contribution in [2.75, 3.05) is 0 Å². The molecular weight excluding hydrogens is 230 g/mol. The van der Waals surface area contributed by atoms with Gasteiger partial charge < -0.3 is 5.73 Å². The molecule has 2 aliphatic rings. The Morgan fingerprint density at radius 2 is 1.58 bits per heavy atom. The van der Waals surface area contributed by atoms with E-state index in [9.17, 15) is 0 Å². The molecule has 0 aliphatic heterocycles. The third kappa shape index (κ3) is 3.54. The van der Waals surface area contributed by atoms with E-state index in [1.54, 1.807) is 0 Å². The first-order valence-electron chi connectivity index (χ1n) is 8.52. The van der Waals surface area contributed by atoms with Crippen molar-refractivity contribution in [3.05, 3.63) is 0 Å². The van der Waals surface area contributed by atoms with Crippen molar-refractivity contribution in [2.45, 2.75) is 92.5 Å². The highest BCUT2D eigenvalue weighted by molar-refractivity contribution is 5.04. The zero-order valence-electron chi connectivity index (χ0n) is 14.3. The molecule has 19 heavy (non-hydrogen) atoms. The minimum Gasteiger partial charge on any atom is -0.328 e. The van der Waals surface area contributed by atoms with Crippen LogP contribution in [0.1, 0.15) is 86.5 Å². The highest BCUT2D eigenvalue weighted by Gasteiger charge is 2.55. The van der Waals surface area contributed by atoms with Crippen LogP contribution in [-0.4, -0.2) is 6.04 Å². The number of hydrogen-bond donors (Lipinski definition) is 1. The zero-order chi connectivity index (χ0) is 14.7. The first-order chi connectivity index (χ1) is 8.77. The lowest BCUT2D eigenvalue weighted by Crippen LogP contribution is -2.41. The molecule has 2 rings (SSSR count). The fraction of sp³-hybridized carbons (Fsp3) is 1.00. The van der Waals surface area contributed by atoms with Crippen LogP contribution >= 0.6 is 0 Å². The summed E-state index contributed by atoms with van der Waals surface area (Å²) in [6.07, 6.45) is 10.0. The van der Waals surface area contributed by atoms with Crippen LogP contribution in [0.15, 0.2) is 0 Å². The average molecular weight is 268 g/mol. The second-order valence-electron chi connectivity index (χ2n) is 7.96. The van der Waals surface area contributed by atoms with Gasteiger partial charge >= 0.3 is 0 Å². The molecule has 2 fully saturated rings. The van der Waals surface area contributed by atoms with Gasteiger partial charge in [0.05, 0.1) is 0 Å². The fourth-order valence-corrected chi connectivity index (χ4v) is 4.50.